The van der Waals surface area contributed by atoms with Crippen LogP contribution >= 0.6 is 11.3 Å². The quantitative estimate of drug-likeness (QED) is 0.692. The average Bonchev–Trinajstić information content (AvgIpc) is 3.26. The Kier molecular flexibility index (Phi) is 4.13. The molecule has 0 radical (unpaired) electrons. The molecule has 27 heavy (non-hydrogen) atoms. The van der Waals surface area contributed by atoms with Crippen molar-refractivity contribution in [3.05, 3.63) is 40.5 Å². The first kappa shape index (κ1) is 16.8. The van der Waals surface area contributed by atoms with Crippen molar-refractivity contribution < 1.29 is 9.47 Å². The summed E-state index contributed by atoms with van der Waals surface area (Å²) in [5.74, 6) is 2.79. The highest BCUT2D eigenvalue weighted by molar-refractivity contribution is 7.18. The topological polar surface area (TPSA) is 50.7 Å². The first-order chi connectivity index (χ1) is 13.2. The molecule has 3 aromatic rings. The van der Waals surface area contributed by atoms with Crippen molar-refractivity contribution in [3.63, 3.8) is 0 Å². The minimum atomic E-state index is 0.326. The summed E-state index contributed by atoms with van der Waals surface area (Å²) in [6, 6.07) is 6.23. The fraction of sp³-hybridized carbons (Fsp3) is 0.400. The number of anilines is 1. The molecule has 1 saturated heterocycles. The highest BCUT2D eigenvalue weighted by Crippen LogP contribution is 2.35. The number of fused-ring (bicyclic) bond motifs is 2. The first-order valence-corrected chi connectivity index (χ1v) is 10.1. The molecule has 0 saturated carbocycles. The van der Waals surface area contributed by atoms with Gasteiger partial charge in [-0.1, -0.05) is 6.07 Å². The molecule has 0 spiro atoms. The molecular formula is C20H22N4O2S. The Morgan fingerprint density at radius 1 is 1.04 bits per heavy atom. The van der Waals surface area contributed by atoms with E-state index < -0.39 is 0 Å². The van der Waals surface area contributed by atoms with E-state index in [0.717, 1.165) is 54.9 Å². The molecule has 0 unspecified atom stereocenters. The van der Waals surface area contributed by atoms with Crippen LogP contribution in [0.2, 0.25) is 0 Å². The van der Waals surface area contributed by atoms with Crippen molar-refractivity contribution in [1.82, 2.24) is 14.9 Å². The maximum absolute atomic E-state index is 5.50. The minimum Gasteiger partial charge on any atom is -0.454 e. The smallest absolute Gasteiger partial charge is 0.231 e. The number of hydrogen-bond donors (Lipinski definition) is 0. The Morgan fingerprint density at radius 2 is 1.85 bits per heavy atom. The lowest BCUT2D eigenvalue weighted by Crippen LogP contribution is -2.46. The van der Waals surface area contributed by atoms with E-state index in [2.05, 4.69) is 45.7 Å². The molecule has 5 rings (SSSR count). The minimum absolute atomic E-state index is 0.326. The van der Waals surface area contributed by atoms with Gasteiger partial charge in [-0.05, 0) is 37.1 Å². The molecule has 1 aromatic carbocycles. The lowest BCUT2D eigenvalue weighted by molar-refractivity contribution is 0.174. The lowest BCUT2D eigenvalue weighted by Gasteiger charge is -2.35. The van der Waals surface area contributed by atoms with Gasteiger partial charge < -0.3 is 14.4 Å². The van der Waals surface area contributed by atoms with E-state index in [1.165, 1.54) is 21.4 Å². The predicted octanol–water partition coefficient (Wildman–Crippen LogP) is 3.36. The first-order valence-electron chi connectivity index (χ1n) is 9.25. The van der Waals surface area contributed by atoms with E-state index in [-0.39, 0.29) is 0 Å². The van der Waals surface area contributed by atoms with Crippen LogP contribution in [-0.2, 0) is 6.54 Å². The van der Waals surface area contributed by atoms with Crippen LogP contribution in [0, 0.1) is 13.8 Å². The Morgan fingerprint density at radius 3 is 2.70 bits per heavy atom. The molecule has 6 nitrogen and oxygen atoms in total. The third-order valence-electron chi connectivity index (χ3n) is 5.46. The summed E-state index contributed by atoms with van der Waals surface area (Å²) in [6.45, 7) is 9.58. The van der Waals surface area contributed by atoms with Gasteiger partial charge in [0, 0.05) is 37.6 Å². The lowest BCUT2D eigenvalue weighted by atomic mass is 10.1. The molecule has 0 amide bonds. The summed E-state index contributed by atoms with van der Waals surface area (Å²) >= 11 is 1.76. The third-order valence-corrected chi connectivity index (χ3v) is 6.58. The summed E-state index contributed by atoms with van der Waals surface area (Å²) in [7, 11) is 0. The normalized spacial score (nSPS) is 17.0. The van der Waals surface area contributed by atoms with Crippen LogP contribution < -0.4 is 14.4 Å². The summed E-state index contributed by atoms with van der Waals surface area (Å²) in [5.41, 5.74) is 2.58. The van der Waals surface area contributed by atoms with Crippen LogP contribution in [0.4, 0.5) is 5.82 Å². The second kappa shape index (κ2) is 6.65. The molecule has 7 heteroatoms. The number of ether oxygens (including phenoxy) is 2. The molecule has 0 N–H and O–H groups in total. The number of benzene rings is 1. The number of piperazine rings is 1. The van der Waals surface area contributed by atoms with Gasteiger partial charge in [-0.3, -0.25) is 4.90 Å². The second-order valence-electron chi connectivity index (χ2n) is 7.11. The van der Waals surface area contributed by atoms with Gasteiger partial charge in [0.15, 0.2) is 11.5 Å². The van der Waals surface area contributed by atoms with Crippen molar-refractivity contribution >= 4 is 27.4 Å². The van der Waals surface area contributed by atoms with E-state index in [0.29, 0.717) is 6.79 Å². The molecule has 0 aliphatic carbocycles. The number of nitrogens with zero attached hydrogens (tertiary/aromatic N) is 4. The molecule has 2 aliphatic rings. The third kappa shape index (κ3) is 3.00. The largest absolute Gasteiger partial charge is 0.454 e. The SMILES string of the molecule is Cc1sc2ncnc(N3CCN(Cc4ccc5c(c4)OCO5)CC3)c2c1C. The van der Waals surface area contributed by atoms with E-state index >= 15 is 0 Å². The molecule has 140 valence electrons. The predicted molar refractivity (Wildman–Crippen MR) is 107 cm³/mol. The van der Waals surface area contributed by atoms with Gasteiger partial charge >= 0.3 is 0 Å². The highest BCUT2D eigenvalue weighted by atomic mass is 32.1. The van der Waals surface area contributed by atoms with Gasteiger partial charge in [-0.15, -0.1) is 11.3 Å². The zero-order valence-electron chi connectivity index (χ0n) is 15.6. The number of hydrogen-bond acceptors (Lipinski definition) is 7. The van der Waals surface area contributed by atoms with Crippen molar-refractivity contribution in [2.75, 3.05) is 37.9 Å². The fourth-order valence-electron chi connectivity index (χ4n) is 3.82. The average molecular weight is 382 g/mol. The fourth-order valence-corrected chi connectivity index (χ4v) is 4.81. The zero-order chi connectivity index (χ0) is 18.4. The molecule has 0 bridgehead atoms. The summed E-state index contributed by atoms with van der Waals surface area (Å²) in [6.07, 6.45) is 1.70. The molecule has 4 heterocycles. The van der Waals surface area contributed by atoms with Crippen molar-refractivity contribution in [3.8, 4) is 11.5 Å². The van der Waals surface area contributed by atoms with Crippen molar-refractivity contribution in [1.29, 1.82) is 0 Å². The van der Waals surface area contributed by atoms with Crippen LogP contribution in [-0.4, -0.2) is 47.8 Å². The Bertz CT molecular complexity index is 995. The van der Waals surface area contributed by atoms with Gasteiger partial charge in [-0.25, -0.2) is 9.97 Å². The van der Waals surface area contributed by atoms with Gasteiger partial charge in [0.2, 0.25) is 6.79 Å². The summed E-state index contributed by atoms with van der Waals surface area (Å²) < 4.78 is 10.9. The van der Waals surface area contributed by atoms with E-state index in [1.54, 1.807) is 17.7 Å². The maximum atomic E-state index is 5.50. The standard InChI is InChI=1S/C20H22N4O2S/c1-13-14(2)27-20-18(13)19(21-11-22-20)24-7-5-23(6-8-24)10-15-3-4-16-17(9-15)26-12-25-16/h3-4,9,11H,5-8,10,12H2,1-2H3. The zero-order valence-corrected chi connectivity index (χ0v) is 16.4. The summed E-state index contributed by atoms with van der Waals surface area (Å²) in [5, 5.41) is 1.23. The van der Waals surface area contributed by atoms with E-state index in [9.17, 15) is 0 Å². The molecule has 0 atom stereocenters. The highest BCUT2D eigenvalue weighted by Gasteiger charge is 2.22. The van der Waals surface area contributed by atoms with E-state index in [4.69, 9.17) is 9.47 Å². The van der Waals surface area contributed by atoms with Gasteiger partial charge in [0.25, 0.3) is 0 Å². The monoisotopic (exact) mass is 382 g/mol. The Labute approximate surface area is 162 Å². The molecular weight excluding hydrogens is 360 g/mol. The second-order valence-corrected chi connectivity index (χ2v) is 8.31. The Hall–Kier alpha value is -2.38. The van der Waals surface area contributed by atoms with Crippen LogP contribution in [0.15, 0.2) is 24.5 Å². The van der Waals surface area contributed by atoms with Crippen LogP contribution in [0.3, 0.4) is 0 Å². The Balaban J connectivity index is 1.29. The van der Waals surface area contributed by atoms with Crippen LogP contribution in [0.5, 0.6) is 11.5 Å². The maximum Gasteiger partial charge on any atom is 0.231 e. The molecule has 1 fully saturated rings. The summed E-state index contributed by atoms with van der Waals surface area (Å²) in [4.78, 5) is 16.4. The van der Waals surface area contributed by atoms with Gasteiger partial charge in [0.05, 0.1) is 5.39 Å². The number of aromatic nitrogens is 2. The van der Waals surface area contributed by atoms with Crippen molar-refractivity contribution in [2.24, 2.45) is 0 Å². The van der Waals surface area contributed by atoms with Gasteiger partial charge in [-0.2, -0.15) is 0 Å². The molecule has 2 aliphatic heterocycles. The number of rotatable bonds is 3. The van der Waals surface area contributed by atoms with Crippen molar-refractivity contribution in [2.45, 2.75) is 20.4 Å². The van der Waals surface area contributed by atoms with Gasteiger partial charge in [0.1, 0.15) is 17.0 Å². The number of aryl methyl sites for hydroxylation is 2. The van der Waals surface area contributed by atoms with Crippen LogP contribution in [0.1, 0.15) is 16.0 Å². The number of thiophene rings is 1. The van der Waals surface area contributed by atoms with E-state index in [1.807, 2.05) is 6.07 Å². The van der Waals surface area contributed by atoms with Crippen LogP contribution in [0.25, 0.3) is 10.2 Å². The molecule has 2 aromatic heterocycles.